The Kier molecular flexibility index (Phi) is 61.1. The van der Waals surface area contributed by atoms with Crippen molar-refractivity contribution in [1.29, 1.82) is 0 Å². The lowest BCUT2D eigenvalue weighted by molar-refractivity contribution is -0.167. The van der Waals surface area contributed by atoms with Crippen molar-refractivity contribution >= 4 is 17.9 Å². The summed E-state index contributed by atoms with van der Waals surface area (Å²) in [5, 5.41) is 0. The largest absolute Gasteiger partial charge is 0.462 e. The van der Waals surface area contributed by atoms with E-state index in [2.05, 4.69) is 57.2 Å². The quantitative estimate of drug-likeness (QED) is 0.0261. The van der Waals surface area contributed by atoms with E-state index < -0.39 is 6.10 Å². The van der Waals surface area contributed by atoms with Gasteiger partial charge in [-0.3, -0.25) is 14.4 Å². The van der Waals surface area contributed by atoms with Gasteiger partial charge in [0.05, 0.1) is 0 Å². The monoisotopic (exact) mass is 1040 g/mol. The van der Waals surface area contributed by atoms with Crippen LogP contribution in [0.4, 0.5) is 0 Å². The molecule has 0 saturated carbocycles. The lowest BCUT2D eigenvalue weighted by Crippen LogP contribution is -2.30. The van der Waals surface area contributed by atoms with Crippen molar-refractivity contribution in [2.24, 2.45) is 0 Å². The van der Waals surface area contributed by atoms with Crippen LogP contribution in [0.25, 0.3) is 0 Å². The molecule has 1 unspecified atom stereocenters. The molecular formula is C68H126O6. The number of carbonyl (C=O) groups excluding carboxylic acids is 3. The highest BCUT2D eigenvalue weighted by atomic mass is 16.6. The zero-order valence-electron chi connectivity index (χ0n) is 49.9. The molecule has 6 heteroatoms. The number of hydrogen-bond donors (Lipinski definition) is 0. The molecule has 0 aliphatic rings. The maximum atomic E-state index is 12.9. The van der Waals surface area contributed by atoms with Crippen molar-refractivity contribution < 1.29 is 28.6 Å². The summed E-state index contributed by atoms with van der Waals surface area (Å²) < 4.78 is 16.9. The molecular weight excluding hydrogens is 913 g/mol. The lowest BCUT2D eigenvalue weighted by Gasteiger charge is -2.18. The van der Waals surface area contributed by atoms with Gasteiger partial charge in [-0.1, -0.05) is 301 Å². The van der Waals surface area contributed by atoms with Crippen LogP contribution in [0.1, 0.15) is 361 Å². The summed E-state index contributed by atoms with van der Waals surface area (Å²) in [5.41, 5.74) is 0. The molecule has 0 bridgehead atoms. The second-order valence-electron chi connectivity index (χ2n) is 22.4. The molecule has 0 rings (SSSR count). The van der Waals surface area contributed by atoms with E-state index in [9.17, 15) is 14.4 Å². The first-order chi connectivity index (χ1) is 36.5. The minimum atomic E-state index is -0.781. The molecule has 0 aromatic rings. The van der Waals surface area contributed by atoms with Gasteiger partial charge in [-0.25, -0.2) is 0 Å². The van der Waals surface area contributed by atoms with E-state index in [0.29, 0.717) is 19.3 Å². The third-order valence-electron chi connectivity index (χ3n) is 14.9. The molecule has 0 aromatic heterocycles. The number of rotatable bonds is 61. The topological polar surface area (TPSA) is 78.9 Å². The minimum absolute atomic E-state index is 0.0766. The Balaban J connectivity index is 4.20. The molecule has 0 spiro atoms. The lowest BCUT2D eigenvalue weighted by atomic mass is 10.0. The Labute approximate surface area is 461 Å². The summed E-state index contributed by atoms with van der Waals surface area (Å²) in [5.74, 6) is -0.877. The van der Waals surface area contributed by atoms with E-state index in [4.69, 9.17) is 14.2 Å². The Hall–Kier alpha value is -2.37. The van der Waals surface area contributed by atoms with E-state index in [1.165, 1.54) is 231 Å². The van der Waals surface area contributed by atoms with Crippen LogP contribution in [0.15, 0.2) is 36.5 Å². The van der Waals surface area contributed by atoms with Crippen LogP contribution in [-0.4, -0.2) is 37.2 Å². The van der Waals surface area contributed by atoms with Crippen LogP contribution >= 0.6 is 0 Å². The third kappa shape index (κ3) is 60.5. The molecule has 0 amide bonds. The normalized spacial score (nSPS) is 12.2. The van der Waals surface area contributed by atoms with Crippen LogP contribution in [0.5, 0.6) is 0 Å². The second kappa shape index (κ2) is 63.2. The van der Waals surface area contributed by atoms with Crippen molar-refractivity contribution in [3.05, 3.63) is 36.5 Å². The summed E-state index contributed by atoms with van der Waals surface area (Å²) in [6, 6.07) is 0. The number of allylic oxidation sites excluding steroid dienone is 6. The number of esters is 3. The number of ether oxygens (including phenoxy) is 3. The molecule has 0 heterocycles. The second-order valence-corrected chi connectivity index (χ2v) is 22.4. The third-order valence-corrected chi connectivity index (χ3v) is 14.9. The number of hydrogen-bond acceptors (Lipinski definition) is 6. The van der Waals surface area contributed by atoms with Crippen molar-refractivity contribution in [3.8, 4) is 0 Å². The molecule has 0 aliphatic carbocycles. The molecule has 0 radical (unpaired) electrons. The Morgan fingerprint density at radius 1 is 0.270 bits per heavy atom. The average molecular weight is 1040 g/mol. The average Bonchev–Trinajstić information content (AvgIpc) is 3.40. The van der Waals surface area contributed by atoms with Crippen molar-refractivity contribution in [2.45, 2.75) is 367 Å². The fourth-order valence-corrected chi connectivity index (χ4v) is 9.88. The van der Waals surface area contributed by atoms with Gasteiger partial charge in [-0.05, 0) is 77.0 Å². The standard InChI is InChI=1S/C68H126O6/c1-4-7-10-13-16-19-22-25-28-29-30-31-32-33-34-35-36-37-38-39-41-43-46-49-52-55-58-61-67(70)73-64-65(63-72-66(69)60-57-54-51-48-45-42-27-24-21-18-15-12-9-6-3)74-68(71)62-59-56-53-50-47-44-40-26-23-20-17-14-11-8-5-2/h17,20,24,26-27,40,65H,4-16,18-19,21-23,25,28-39,41-64H2,1-3H3/b20-17-,27-24-,40-26-. The highest BCUT2D eigenvalue weighted by Crippen LogP contribution is 2.18. The first-order valence-electron chi connectivity index (χ1n) is 33.0. The van der Waals surface area contributed by atoms with Crippen LogP contribution in [0, 0.1) is 0 Å². The first-order valence-corrected chi connectivity index (χ1v) is 33.0. The molecule has 0 aromatic carbocycles. The Morgan fingerprint density at radius 2 is 0.486 bits per heavy atom. The first kappa shape index (κ1) is 71.6. The minimum Gasteiger partial charge on any atom is -0.462 e. The van der Waals surface area contributed by atoms with Crippen LogP contribution in [-0.2, 0) is 28.6 Å². The predicted molar refractivity (Wildman–Crippen MR) is 321 cm³/mol. The molecule has 0 N–H and O–H groups in total. The van der Waals surface area contributed by atoms with Gasteiger partial charge >= 0.3 is 17.9 Å². The van der Waals surface area contributed by atoms with E-state index in [-0.39, 0.29) is 31.1 Å². The van der Waals surface area contributed by atoms with Gasteiger partial charge in [0.15, 0.2) is 6.10 Å². The maximum absolute atomic E-state index is 12.9. The van der Waals surface area contributed by atoms with Gasteiger partial charge in [0.2, 0.25) is 0 Å². The smallest absolute Gasteiger partial charge is 0.306 e. The van der Waals surface area contributed by atoms with Gasteiger partial charge in [-0.2, -0.15) is 0 Å². The molecule has 434 valence electrons. The van der Waals surface area contributed by atoms with Gasteiger partial charge in [0, 0.05) is 19.3 Å². The zero-order chi connectivity index (χ0) is 53.6. The molecule has 0 aliphatic heterocycles. The molecule has 6 nitrogen and oxygen atoms in total. The van der Waals surface area contributed by atoms with E-state index in [1.54, 1.807) is 0 Å². The Morgan fingerprint density at radius 3 is 0.784 bits per heavy atom. The van der Waals surface area contributed by atoms with Crippen LogP contribution in [0.3, 0.4) is 0 Å². The fraction of sp³-hybridized carbons (Fsp3) is 0.868. The fourth-order valence-electron chi connectivity index (χ4n) is 9.88. The molecule has 0 saturated heterocycles. The van der Waals surface area contributed by atoms with Gasteiger partial charge in [0.25, 0.3) is 0 Å². The predicted octanol–water partition coefficient (Wildman–Crippen LogP) is 22.4. The zero-order valence-corrected chi connectivity index (χ0v) is 49.9. The van der Waals surface area contributed by atoms with Crippen molar-refractivity contribution in [3.63, 3.8) is 0 Å². The Bertz CT molecular complexity index is 1240. The van der Waals surface area contributed by atoms with Crippen molar-refractivity contribution in [1.82, 2.24) is 0 Å². The van der Waals surface area contributed by atoms with E-state index >= 15 is 0 Å². The number of carbonyl (C=O) groups is 3. The maximum Gasteiger partial charge on any atom is 0.306 e. The summed E-state index contributed by atoms with van der Waals surface area (Å²) in [6.07, 6.45) is 77.4. The molecule has 0 fully saturated rings. The van der Waals surface area contributed by atoms with Crippen LogP contribution in [0.2, 0.25) is 0 Å². The van der Waals surface area contributed by atoms with Gasteiger partial charge in [0.1, 0.15) is 13.2 Å². The van der Waals surface area contributed by atoms with E-state index in [1.807, 2.05) is 0 Å². The highest BCUT2D eigenvalue weighted by Gasteiger charge is 2.19. The van der Waals surface area contributed by atoms with Gasteiger partial charge < -0.3 is 14.2 Å². The molecule has 1 atom stereocenters. The summed E-state index contributed by atoms with van der Waals surface area (Å²) in [7, 11) is 0. The van der Waals surface area contributed by atoms with Crippen LogP contribution < -0.4 is 0 Å². The highest BCUT2D eigenvalue weighted by molar-refractivity contribution is 5.71. The summed E-state index contributed by atoms with van der Waals surface area (Å²) >= 11 is 0. The summed E-state index contributed by atoms with van der Waals surface area (Å²) in [4.78, 5) is 38.3. The summed E-state index contributed by atoms with van der Waals surface area (Å²) in [6.45, 7) is 6.64. The SMILES string of the molecule is CCCCC/C=C\C/C=C\CCCCCCCC(=O)OC(COC(=O)CCCCCCC/C=C\CCCCCCC)COC(=O)CCCCCCCCCCCCCCCCCCCCCCCCCCCCC. The molecule has 74 heavy (non-hydrogen) atoms. The van der Waals surface area contributed by atoms with Gasteiger partial charge in [-0.15, -0.1) is 0 Å². The van der Waals surface area contributed by atoms with Crippen molar-refractivity contribution in [2.75, 3.05) is 13.2 Å². The van der Waals surface area contributed by atoms with E-state index in [0.717, 1.165) is 89.9 Å². The number of unbranched alkanes of at least 4 members (excludes halogenated alkanes) is 44.